The number of amides is 1. The zero-order valence-corrected chi connectivity index (χ0v) is 14.8. The zero-order chi connectivity index (χ0) is 18.3. The summed E-state index contributed by atoms with van der Waals surface area (Å²) in [6.07, 6.45) is 0.845. The number of benzene rings is 1. The Morgan fingerprint density at radius 2 is 2.08 bits per heavy atom. The van der Waals surface area contributed by atoms with E-state index in [1.807, 2.05) is 32.0 Å². The van der Waals surface area contributed by atoms with Crippen LogP contribution < -0.4 is 14.8 Å². The number of ether oxygens (including phenoxy) is 2. The molecule has 0 bridgehead atoms. The molecule has 0 unspecified atom stereocenters. The molecule has 1 atom stereocenters. The molecular weight excluding hydrogens is 334 g/mol. The quantitative estimate of drug-likeness (QED) is 0.773. The van der Waals surface area contributed by atoms with Gasteiger partial charge in [-0.25, -0.2) is 4.98 Å². The number of nitrogens with one attached hydrogen (secondary N) is 1. The third-order valence-corrected chi connectivity index (χ3v) is 4.52. The molecule has 3 heterocycles. The van der Waals surface area contributed by atoms with Crippen LogP contribution >= 0.6 is 0 Å². The summed E-state index contributed by atoms with van der Waals surface area (Å²) >= 11 is 0. The highest BCUT2D eigenvalue weighted by atomic mass is 16.7. The van der Waals surface area contributed by atoms with Gasteiger partial charge in [0.05, 0.1) is 22.3 Å². The highest BCUT2D eigenvalue weighted by molar-refractivity contribution is 6.07. The van der Waals surface area contributed by atoms with Gasteiger partial charge in [0.1, 0.15) is 0 Å². The van der Waals surface area contributed by atoms with Gasteiger partial charge in [0.2, 0.25) is 6.79 Å². The Hall–Kier alpha value is -3.09. The number of carbonyl (C=O) groups is 1. The molecule has 0 spiro atoms. The first kappa shape index (κ1) is 16.4. The first-order chi connectivity index (χ1) is 12.6. The van der Waals surface area contributed by atoms with Crippen LogP contribution in [0.15, 0.2) is 28.8 Å². The minimum atomic E-state index is -0.167. The van der Waals surface area contributed by atoms with Crippen LogP contribution in [0, 0.1) is 6.92 Å². The monoisotopic (exact) mass is 353 g/mol. The maximum atomic E-state index is 12.8. The molecule has 3 aromatic rings. The van der Waals surface area contributed by atoms with Crippen molar-refractivity contribution in [3.63, 3.8) is 0 Å². The van der Waals surface area contributed by atoms with Crippen molar-refractivity contribution in [1.29, 1.82) is 0 Å². The van der Waals surface area contributed by atoms with E-state index in [4.69, 9.17) is 14.0 Å². The van der Waals surface area contributed by atoms with Gasteiger partial charge in [-0.15, -0.1) is 0 Å². The standard InChI is InChI=1S/C19H19N3O4/c1-4-10(2)20-18(23)13-8-14(21-19-17(13)11(3)22-26-19)12-5-6-15-16(7-12)25-9-24-15/h5-8,10H,4,9H2,1-3H3,(H,20,23)/t10-/m1/s1. The number of nitrogens with zero attached hydrogens (tertiary/aromatic N) is 2. The van der Waals surface area contributed by atoms with Crippen LogP contribution in [0.2, 0.25) is 0 Å². The van der Waals surface area contributed by atoms with Crippen molar-refractivity contribution in [1.82, 2.24) is 15.5 Å². The fraction of sp³-hybridized carbons (Fsp3) is 0.316. The molecule has 4 rings (SSSR count). The molecule has 1 aliphatic heterocycles. The average molecular weight is 353 g/mol. The lowest BCUT2D eigenvalue weighted by Crippen LogP contribution is -2.32. The highest BCUT2D eigenvalue weighted by Gasteiger charge is 2.21. The van der Waals surface area contributed by atoms with Gasteiger partial charge in [-0.3, -0.25) is 4.79 Å². The molecular formula is C19H19N3O4. The summed E-state index contributed by atoms with van der Waals surface area (Å²) in [7, 11) is 0. The van der Waals surface area contributed by atoms with Gasteiger partial charge in [0, 0.05) is 11.6 Å². The van der Waals surface area contributed by atoms with Crippen LogP contribution in [-0.4, -0.2) is 28.9 Å². The second kappa shape index (κ2) is 6.33. The van der Waals surface area contributed by atoms with Crippen molar-refractivity contribution in [3.05, 3.63) is 35.5 Å². The van der Waals surface area contributed by atoms with E-state index >= 15 is 0 Å². The number of aryl methyl sites for hydroxylation is 1. The van der Waals surface area contributed by atoms with Crippen LogP contribution in [0.4, 0.5) is 0 Å². The van der Waals surface area contributed by atoms with Crippen molar-refractivity contribution < 1.29 is 18.8 Å². The number of hydrogen-bond donors (Lipinski definition) is 1. The molecule has 0 saturated heterocycles. The van der Waals surface area contributed by atoms with Crippen molar-refractivity contribution >= 4 is 17.0 Å². The number of rotatable bonds is 4. The van der Waals surface area contributed by atoms with E-state index in [-0.39, 0.29) is 18.7 Å². The largest absolute Gasteiger partial charge is 0.454 e. The average Bonchev–Trinajstić information content (AvgIpc) is 3.26. The minimum Gasteiger partial charge on any atom is -0.454 e. The second-order valence-electron chi connectivity index (χ2n) is 6.35. The molecule has 0 radical (unpaired) electrons. The lowest BCUT2D eigenvalue weighted by Gasteiger charge is -2.12. The summed E-state index contributed by atoms with van der Waals surface area (Å²) < 4.78 is 16.1. The van der Waals surface area contributed by atoms with E-state index < -0.39 is 0 Å². The Labute approximate surface area is 150 Å². The molecule has 7 heteroatoms. The number of pyridine rings is 1. The lowest BCUT2D eigenvalue weighted by molar-refractivity contribution is 0.0941. The van der Waals surface area contributed by atoms with Gasteiger partial charge in [-0.1, -0.05) is 12.1 Å². The molecule has 0 saturated carbocycles. The first-order valence-electron chi connectivity index (χ1n) is 8.54. The predicted octanol–water partition coefficient (Wildman–Crippen LogP) is 3.46. The van der Waals surface area contributed by atoms with Gasteiger partial charge >= 0.3 is 0 Å². The van der Waals surface area contributed by atoms with Crippen LogP contribution in [-0.2, 0) is 0 Å². The van der Waals surface area contributed by atoms with Gasteiger partial charge < -0.3 is 19.3 Å². The Morgan fingerprint density at radius 1 is 1.27 bits per heavy atom. The molecule has 0 fully saturated rings. The summed E-state index contributed by atoms with van der Waals surface area (Å²) in [6.45, 7) is 5.99. The van der Waals surface area contributed by atoms with Gasteiger partial charge in [-0.05, 0) is 44.5 Å². The summed E-state index contributed by atoms with van der Waals surface area (Å²) in [4.78, 5) is 17.3. The Morgan fingerprint density at radius 3 is 2.88 bits per heavy atom. The van der Waals surface area contributed by atoms with Crippen molar-refractivity contribution in [2.75, 3.05) is 6.79 Å². The van der Waals surface area contributed by atoms with Crippen molar-refractivity contribution in [2.45, 2.75) is 33.2 Å². The highest BCUT2D eigenvalue weighted by Crippen LogP contribution is 2.36. The van der Waals surface area contributed by atoms with Crippen molar-refractivity contribution in [2.24, 2.45) is 0 Å². The molecule has 1 amide bonds. The number of hydrogen-bond acceptors (Lipinski definition) is 6. The maximum Gasteiger partial charge on any atom is 0.259 e. The van der Waals surface area contributed by atoms with E-state index in [0.717, 1.165) is 12.0 Å². The lowest BCUT2D eigenvalue weighted by atomic mass is 10.0. The normalized spacial score (nSPS) is 13.8. The third kappa shape index (κ3) is 2.75. The van der Waals surface area contributed by atoms with E-state index in [2.05, 4.69) is 15.5 Å². The maximum absolute atomic E-state index is 12.8. The Bertz CT molecular complexity index is 996. The summed E-state index contributed by atoms with van der Waals surface area (Å²) in [5.41, 5.74) is 2.90. The minimum absolute atomic E-state index is 0.0693. The number of carbonyl (C=O) groups excluding carboxylic acids is 1. The molecule has 1 aliphatic rings. The van der Waals surface area contributed by atoms with Gasteiger partial charge in [0.15, 0.2) is 11.5 Å². The second-order valence-corrected chi connectivity index (χ2v) is 6.35. The van der Waals surface area contributed by atoms with Gasteiger partial charge in [0.25, 0.3) is 11.6 Å². The molecule has 26 heavy (non-hydrogen) atoms. The molecule has 134 valence electrons. The van der Waals surface area contributed by atoms with Crippen LogP contribution in [0.25, 0.3) is 22.4 Å². The van der Waals surface area contributed by atoms with E-state index in [0.29, 0.717) is 39.6 Å². The summed E-state index contributed by atoms with van der Waals surface area (Å²) in [5, 5.41) is 7.60. The Kier molecular flexibility index (Phi) is 3.99. The van der Waals surface area contributed by atoms with Crippen molar-refractivity contribution in [3.8, 4) is 22.8 Å². The molecule has 7 nitrogen and oxygen atoms in total. The Balaban J connectivity index is 1.83. The molecule has 1 aromatic carbocycles. The summed E-state index contributed by atoms with van der Waals surface area (Å²) in [6, 6.07) is 7.38. The van der Waals surface area contributed by atoms with Crippen LogP contribution in [0.5, 0.6) is 11.5 Å². The third-order valence-electron chi connectivity index (χ3n) is 4.52. The molecule has 0 aliphatic carbocycles. The van der Waals surface area contributed by atoms with Crippen LogP contribution in [0.3, 0.4) is 0 Å². The van der Waals surface area contributed by atoms with E-state index in [1.165, 1.54) is 0 Å². The van der Waals surface area contributed by atoms with E-state index in [1.54, 1.807) is 13.0 Å². The summed E-state index contributed by atoms with van der Waals surface area (Å²) in [5.74, 6) is 1.18. The van der Waals surface area contributed by atoms with E-state index in [9.17, 15) is 4.79 Å². The SMILES string of the molecule is CC[C@@H](C)NC(=O)c1cc(-c2ccc3c(c2)OCO3)nc2onc(C)c12. The van der Waals surface area contributed by atoms with Gasteiger partial charge in [-0.2, -0.15) is 0 Å². The molecule has 1 N–H and O–H groups in total. The number of aromatic nitrogens is 2. The van der Waals surface area contributed by atoms with Crippen LogP contribution in [0.1, 0.15) is 36.3 Å². The smallest absolute Gasteiger partial charge is 0.259 e. The first-order valence-corrected chi connectivity index (χ1v) is 8.54. The number of fused-ring (bicyclic) bond motifs is 2. The fourth-order valence-corrected chi connectivity index (χ4v) is 2.88. The zero-order valence-electron chi connectivity index (χ0n) is 14.8. The fourth-order valence-electron chi connectivity index (χ4n) is 2.88. The topological polar surface area (TPSA) is 86.5 Å². The predicted molar refractivity (Wildman–Crippen MR) is 95.3 cm³/mol. The molecule has 2 aromatic heterocycles.